The van der Waals surface area contributed by atoms with Crippen molar-refractivity contribution in [2.45, 2.75) is 91.9 Å². The highest BCUT2D eigenvalue weighted by molar-refractivity contribution is 6.00. The zero-order valence-corrected chi connectivity index (χ0v) is 26.5. The van der Waals surface area contributed by atoms with Crippen molar-refractivity contribution in [3.8, 4) is 0 Å². The molecule has 3 heteroatoms. The molecule has 0 bridgehead atoms. The van der Waals surface area contributed by atoms with Crippen molar-refractivity contribution < 1.29 is 4.79 Å². The molecule has 1 aliphatic rings. The minimum atomic E-state index is -0.622. The lowest BCUT2D eigenvalue weighted by Gasteiger charge is -2.28. The quantitative estimate of drug-likeness (QED) is 0.229. The van der Waals surface area contributed by atoms with Crippen LogP contribution < -0.4 is 10.2 Å². The van der Waals surface area contributed by atoms with Crippen molar-refractivity contribution in [3.05, 3.63) is 106 Å². The summed E-state index contributed by atoms with van der Waals surface area (Å²) in [4.78, 5) is 15.7. The van der Waals surface area contributed by atoms with Gasteiger partial charge >= 0.3 is 0 Å². The van der Waals surface area contributed by atoms with Crippen LogP contribution in [0, 0.1) is 0 Å². The van der Waals surface area contributed by atoms with Crippen LogP contribution in [0.1, 0.15) is 88.8 Å². The van der Waals surface area contributed by atoms with Gasteiger partial charge in [0.1, 0.15) is 0 Å². The Morgan fingerprint density at radius 3 is 2.02 bits per heavy atom. The van der Waals surface area contributed by atoms with E-state index in [0.29, 0.717) is 0 Å². The molecule has 40 heavy (non-hydrogen) atoms. The number of anilines is 2. The second-order valence-electron chi connectivity index (χ2n) is 11.8. The van der Waals surface area contributed by atoms with E-state index in [1.54, 1.807) is 6.08 Å². The SMILES string of the molecule is CCc1cc(CC)c(C(C)(C)C(=O)C=CC=CC=CC=C2N(C)c3cc(CC)cc(CC)c3C2(C)C)c(NC)c1. The van der Waals surface area contributed by atoms with Gasteiger partial charge in [-0.25, -0.2) is 0 Å². The van der Waals surface area contributed by atoms with Gasteiger partial charge in [-0.05, 0) is 97.2 Å². The summed E-state index contributed by atoms with van der Waals surface area (Å²) < 4.78 is 0. The lowest BCUT2D eigenvalue weighted by atomic mass is 9.76. The summed E-state index contributed by atoms with van der Waals surface area (Å²) in [5, 5.41) is 3.34. The third kappa shape index (κ3) is 6.04. The van der Waals surface area contributed by atoms with Crippen molar-refractivity contribution in [1.82, 2.24) is 0 Å². The number of benzene rings is 2. The largest absolute Gasteiger partial charge is 0.388 e. The molecule has 0 spiro atoms. The summed E-state index contributed by atoms with van der Waals surface area (Å²) in [5.41, 5.74) is 10.9. The third-order valence-corrected chi connectivity index (χ3v) is 8.56. The van der Waals surface area contributed by atoms with E-state index in [1.807, 2.05) is 45.2 Å². The number of nitrogens with one attached hydrogen (secondary N) is 1. The molecule has 0 saturated heterocycles. The number of allylic oxidation sites excluding steroid dienone is 8. The van der Waals surface area contributed by atoms with E-state index >= 15 is 0 Å². The Bertz CT molecular complexity index is 1330. The molecule has 0 saturated carbocycles. The van der Waals surface area contributed by atoms with Crippen LogP contribution in [0.25, 0.3) is 0 Å². The fraction of sp³-hybridized carbons (Fsp3) is 0.432. The summed E-state index contributed by atoms with van der Waals surface area (Å²) in [6.45, 7) is 17.5. The Labute approximate surface area is 243 Å². The molecule has 0 unspecified atom stereocenters. The highest BCUT2D eigenvalue weighted by Crippen LogP contribution is 2.49. The van der Waals surface area contributed by atoms with E-state index in [0.717, 1.165) is 36.9 Å². The van der Waals surface area contributed by atoms with Gasteiger partial charge in [0.25, 0.3) is 0 Å². The van der Waals surface area contributed by atoms with Crippen molar-refractivity contribution in [3.63, 3.8) is 0 Å². The topological polar surface area (TPSA) is 32.3 Å². The molecule has 3 nitrogen and oxygen atoms in total. The molecule has 214 valence electrons. The van der Waals surface area contributed by atoms with E-state index in [1.165, 1.54) is 39.2 Å². The minimum Gasteiger partial charge on any atom is -0.388 e. The molecule has 3 rings (SSSR count). The van der Waals surface area contributed by atoms with E-state index in [-0.39, 0.29) is 11.2 Å². The maximum atomic E-state index is 13.4. The smallest absolute Gasteiger partial charge is 0.165 e. The first-order chi connectivity index (χ1) is 19.0. The molecule has 1 aliphatic heterocycles. The van der Waals surface area contributed by atoms with Crippen molar-refractivity contribution in [2.24, 2.45) is 0 Å². The summed E-state index contributed by atoms with van der Waals surface area (Å²) in [6.07, 6.45) is 17.8. The van der Waals surface area contributed by atoms with Crippen LogP contribution in [0.5, 0.6) is 0 Å². The maximum absolute atomic E-state index is 13.4. The number of likely N-dealkylation sites (N-methyl/N-ethyl adjacent to an activating group) is 1. The fourth-order valence-corrected chi connectivity index (χ4v) is 6.22. The summed E-state index contributed by atoms with van der Waals surface area (Å²) in [6, 6.07) is 9.17. The summed E-state index contributed by atoms with van der Waals surface area (Å²) >= 11 is 0. The molecular weight excluding hydrogens is 488 g/mol. The van der Waals surface area contributed by atoms with Crippen LogP contribution in [0.4, 0.5) is 11.4 Å². The van der Waals surface area contributed by atoms with Gasteiger partial charge in [0.15, 0.2) is 5.78 Å². The number of fused-ring (bicyclic) bond motifs is 1. The van der Waals surface area contributed by atoms with Crippen LogP contribution in [0.2, 0.25) is 0 Å². The van der Waals surface area contributed by atoms with Gasteiger partial charge < -0.3 is 10.2 Å². The monoisotopic (exact) mass is 538 g/mol. The summed E-state index contributed by atoms with van der Waals surface area (Å²) in [5.74, 6) is 0.101. The predicted molar refractivity (Wildman–Crippen MR) is 175 cm³/mol. The van der Waals surface area contributed by atoms with Crippen molar-refractivity contribution in [1.29, 1.82) is 0 Å². The first-order valence-corrected chi connectivity index (χ1v) is 15.0. The molecule has 0 radical (unpaired) electrons. The van der Waals surface area contributed by atoms with E-state index in [9.17, 15) is 4.79 Å². The lowest BCUT2D eigenvalue weighted by Crippen LogP contribution is -2.30. The van der Waals surface area contributed by atoms with E-state index in [2.05, 4.69) is 95.2 Å². The number of hydrogen-bond donors (Lipinski definition) is 1. The normalized spacial score (nSPS) is 16.1. The Morgan fingerprint density at radius 1 is 0.850 bits per heavy atom. The second-order valence-corrected chi connectivity index (χ2v) is 11.8. The van der Waals surface area contributed by atoms with Gasteiger partial charge in [0.2, 0.25) is 0 Å². The van der Waals surface area contributed by atoms with E-state index in [4.69, 9.17) is 0 Å². The van der Waals surface area contributed by atoms with Gasteiger partial charge in [-0.2, -0.15) is 0 Å². The van der Waals surface area contributed by atoms with Gasteiger partial charge in [0.05, 0.1) is 5.41 Å². The van der Waals surface area contributed by atoms with Gasteiger partial charge in [0, 0.05) is 36.6 Å². The highest BCUT2D eigenvalue weighted by Gasteiger charge is 2.40. The average Bonchev–Trinajstić information content (AvgIpc) is 3.14. The standard InChI is InChI=1S/C37H50N2O/c1-11-26-22-28(13-3)34(30(24-26)38-9)37(7,8)33(40)21-19-17-15-16-18-20-32-36(5,6)35-29(14-4)23-27(12-2)25-31(35)39(32)10/h15-25,38H,11-14H2,1-10H3. The molecule has 0 amide bonds. The Hall–Kier alpha value is -3.33. The molecule has 2 aromatic rings. The average molecular weight is 539 g/mol. The summed E-state index contributed by atoms with van der Waals surface area (Å²) in [7, 11) is 4.12. The number of ketones is 1. The van der Waals surface area contributed by atoms with Gasteiger partial charge in [-0.15, -0.1) is 0 Å². The molecule has 0 atom stereocenters. The number of carbonyl (C=O) groups excluding carboxylic acids is 1. The third-order valence-electron chi connectivity index (χ3n) is 8.56. The molecule has 0 aliphatic carbocycles. The van der Waals surface area contributed by atoms with Gasteiger partial charge in [-0.3, -0.25) is 4.79 Å². The van der Waals surface area contributed by atoms with Crippen LogP contribution in [0.15, 0.2) is 72.5 Å². The Balaban J connectivity index is 1.76. The number of nitrogens with zero attached hydrogens (tertiary/aromatic N) is 1. The van der Waals surface area contributed by atoms with Crippen LogP contribution in [0.3, 0.4) is 0 Å². The zero-order valence-electron chi connectivity index (χ0n) is 26.5. The number of aryl methyl sites for hydroxylation is 4. The fourth-order valence-electron chi connectivity index (χ4n) is 6.22. The molecule has 1 heterocycles. The molecule has 2 aromatic carbocycles. The molecule has 0 aromatic heterocycles. The minimum absolute atomic E-state index is 0.0491. The molecular formula is C37H50N2O. The lowest BCUT2D eigenvalue weighted by molar-refractivity contribution is -0.118. The molecule has 1 N–H and O–H groups in total. The first kappa shape index (κ1) is 31.2. The van der Waals surface area contributed by atoms with Crippen LogP contribution in [-0.2, 0) is 41.3 Å². The Kier molecular flexibility index (Phi) is 10.1. The zero-order chi connectivity index (χ0) is 29.7. The number of hydrogen-bond acceptors (Lipinski definition) is 3. The number of rotatable bonds is 11. The highest BCUT2D eigenvalue weighted by atomic mass is 16.1. The van der Waals surface area contributed by atoms with Gasteiger partial charge in [-0.1, -0.05) is 84.1 Å². The van der Waals surface area contributed by atoms with Crippen molar-refractivity contribution in [2.75, 3.05) is 24.3 Å². The van der Waals surface area contributed by atoms with E-state index < -0.39 is 5.41 Å². The van der Waals surface area contributed by atoms with Crippen LogP contribution >= 0.6 is 0 Å². The second kappa shape index (κ2) is 12.9. The predicted octanol–water partition coefficient (Wildman–Crippen LogP) is 8.80. The van der Waals surface area contributed by atoms with Crippen LogP contribution in [-0.4, -0.2) is 19.9 Å². The Morgan fingerprint density at radius 2 is 1.43 bits per heavy atom. The maximum Gasteiger partial charge on any atom is 0.165 e. The van der Waals surface area contributed by atoms with Crippen molar-refractivity contribution >= 4 is 17.2 Å². The molecule has 0 fully saturated rings. The first-order valence-electron chi connectivity index (χ1n) is 15.0. The number of carbonyl (C=O) groups is 1.